The van der Waals surface area contributed by atoms with Crippen LogP contribution in [-0.4, -0.2) is 6.04 Å². The monoisotopic (exact) mass is 291 g/mol. The van der Waals surface area contributed by atoms with Crippen molar-refractivity contribution in [3.8, 4) is 0 Å². The van der Waals surface area contributed by atoms with E-state index in [4.69, 9.17) is 17.3 Å². The van der Waals surface area contributed by atoms with Crippen LogP contribution in [0, 0.1) is 19.7 Å². The quantitative estimate of drug-likeness (QED) is 0.897. The summed E-state index contributed by atoms with van der Waals surface area (Å²) in [5.74, 6) is -0.283. The minimum Gasteiger partial charge on any atom is -0.327 e. The van der Waals surface area contributed by atoms with Gasteiger partial charge in [0, 0.05) is 11.1 Å². The molecule has 0 saturated heterocycles. The Kier molecular flexibility index (Phi) is 4.79. The first-order valence-corrected chi connectivity index (χ1v) is 7.09. The van der Waals surface area contributed by atoms with Crippen molar-refractivity contribution in [2.45, 2.75) is 32.7 Å². The maximum Gasteiger partial charge on any atom is 0.127 e. The summed E-state index contributed by atoms with van der Waals surface area (Å²) in [5, 5.41) is 0.411. The van der Waals surface area contributed by atoms with Crippen LogP contribution in [0.4, 0.5) is 4.39 Å². The fourth-order valence-corrected chi connectivity index (χ4v) is 2.50. The lowest BCUT2D eigenvalue weighted by Gasteiger charge is -2.15. The summed E-state index contributed by atoms with van der Waals surface area (Å²) in [6.07, 6.45) is 1.26. The molecule has 20 heavy (non-hydrogen) atoms. The van der Waals surface area contributed by atoms with Crippen LogP contribution >= 0.6 is 11.6 Å². The predicted molar refractivity (Wildman–Crippen MR) is 82.7 cm³/mol. The van der Waals surface area contributed by atoms with Gasteiger partial charge in [-0.3, -0.25) is 0 Å². The lowest BCUT2D eigenvalue weighted by Crippen LogP contribution is -2.26. The van der Waals surface area contributed by atoms with Gasteiger partial charge >= 0.3 is 0 Å². The van der Waals surface area contributed by atoms with Crippen molar-refractivity contribution in [2.24, 2.45) is 5.73 Å². The summed E-state index contributed by atoms with van der Waals surface area (Å²) in [6, 6.07) is 11.0. The van der Waals surface area contributed by atoms with Gasteiger partial charge in [0.05, 0.1) is 0 Å². The van der Waals surface area contributed by atoms with Gasteiger partial charge in [0.1, 0.15) is 5.82 Å². The van der Waals surface area contributed by atoms with Crippen molar-refractivity contribution < 1.29 is 4.39 Å². The second kappa shape index (κ2) is 6.38. The molecule has 0 aliphatic heterocycles. The standard InChI is InChI=1S/C17H19ClFN/c1-11-3-4-12(2)14(7-11)9-16(20)8-13-5-6-15(18)10-17(13)19/h3-7,10,16H,8-9,20H2,1-2H3. The highest BCUT2D eigenvalue weighted by Crippen LogP contribution is 2.18. The Labute approximate surface area is 124 Å². The summed E-state index contributed by atoms with van der Waals surface area (Å²) in [7, 11) is 0. The zero-order valence-corrected chi connectivity index (χ0v) is 12.5. The molecule has 1 nitrogen and oxygen atoms in total. The molecule has 0 aliphatic rings. The van der Waals surface area contributed by atoms with Crippen LogP contribution in [0.3, 0.4) is 0 Å². The van der Waals surface area contributed by atoms with E-state index in [1.165, 1.54) is 22.8 Å². The fraction of sp³-hybridized carbons (Fsp3) is 0.294. The Morgan fingerprint density at radius 2 is 1.75 bits per heavy atom. The van der Waals surface area contributed by atoms with Crippen LogP contribution < -0.4 is 5.73 Å². The van der Waals surface area contributed by atoms with Crippen molar-refractivity contribution in [3.05, 3.63) is 69.5 Å². The highest BCUT2D eigenvalue weighted by atomic mass is 35.5. The summed E-state index contributed by atoms with van der Waals surface area (Å²) < 4.78 is 13.8. The van der Waals surface area contributed by atoms with Crippen LogP contribution in [0.2, 0.25) is 5.02 Å². The fourth-order valence-electron chi connectivity index (χ4n) is 2.34. The van der Waals surface area contributed by atoms with Gasteiger partial charge in [0.15, 0.2) is 0 Å². The van der Waals surface area contributed by atoms with E-state index < -0.39 is 0 Å². The molecule has 2 N–H and O–H groups in total. The minimum atomic E-state index is -0.283. The summed E-state index contributed by atoms with van der Waals surface area (Å²) in [5.41, 5.74) is 10.5. The Morgan fingerprint density at radius 3 is 2.45 bits per heavy atom. The molecule has 106 valence electrons. The molecule has 2 aromatic rings. The first kappa shape index (κ1) is 15.0. The first-order chi connectivity index (χ1) is 9.45. The van der Waals surface area contributed by atoms with Gasteiger partial charge in [-0.05, 0) is 55.5 Å². The van der Waals surface area contributed by atoms with Gasteiger partial charge in [-0.15, -0.1) is 0 Å². The predicted octanol–water partition coefficient (Wildman–Crippen LogP) is 4.21. The molecule has 0 aromatic heterocycles. The van der Waals surface area contributed by atoms with Gasteiger partial charge in [-0.25, -0.2) is 4.39 Å². The summed E-state index contributed by atoms with van der Waals surface area (Å²) in [6.45, 7) is 4.14. The van der Waals surface area contributed by atoms with E-state index >= 15 is 0 Å². The summed E-state index contributed by atoms with van der Waals surface area (Å²) >= 11 is 5.75. The summed E-state index contributed by atoms with van der Waals surface area (Å²) in [4.78, 5) is 0. The molecule has 0 spiro atoms. The molecule has 0 saturated carbocycles. The molecule has 0 aliphatic carbocycles. The Bertz CT molecular complexity index is 610. The number of benzene rings is 2. The molecule has 2 aromatic carbocycles. The molecular weight excluding hydrogens is 273 g/mol. The largest absolute Gasteiger partial charge is 0.327 e. The highest BCUT2D eigenvalue weighted by Gasteiger charge is 2.11. The first-order valence-electron chi connectivity index (χ1n) is 6.71. The van der Waals surface area contributed by atoms with Gasteiger partial charge in [-0.1, -0.05) is 41.4 Å². The van der Waals surface area contributed by atoms with E-state index in [1.807, 2.05) is 0 Å². The molecule has 3 heteroatoms. The van der Waals surface area contributed by atoms with Crippen LogP contribution in [-0.2, 0) is 12.8 Å². The van der Waals surface area contributed by atoms with Gasteiger partial charge in [-0.2, -0.15) is 0 Å². The molecule has 1 atom stereocenters. The Morgan fingerprint density at radius 1 is 1.05 bits per heavy atom. The number of hydrogen-bond donors (Lipinski definition) is 1. The van der Waals surface area contributed by atoms with Gasteiger partial charge in [0.2, 0.25) is 0 Å². The number of hydrogen-bond acceptors (Lipinski definition) is 1. The molecule has 2 rings (SSSR count). The van der Waals surface area contributed by atoms with Crippen molar-refractivity contribution in [2.75, 3.05) is 0 Å². The van der Waals surface area contributed by atoms with E-state index in [9.17, 15) is 4.39 Å². The van der Waals surface area contributed by atoms with Gasteiger partial charge in [0.25, 0.3) is 0 Å². The van der Waals surface area contributed by atoms with E-state index in [0.29, 0.717) is 17.0 Å². The molecule has 0 fully saturated rings. The number of rotatable bonds is 4. The Balaban J connectivity index is 2.08. The molecular formula is C17H19ClFN. The third kappa shape index (κ3) is 3.81. The lowest BCUT2D eigenvalue weighted by molar-refractivity contribution is 0.583. The second-order valence-corrected chi connectivity index (χ2v) is 5.77. The van der Waals surface area contributed by atoms with E-state index in [2.05, 4.69) is 32.0 Å². The average Bonchev–Trinajstić information content (AvgIpc) is 2.37. The van der Waals surface area contributed by atoms with E-state index in [0.717, 1.165) is 6.42 Å². The maximum atomic E-state index is 13.8. The van der Waals surface area contributed by atoms with Crippen molar-refractivity contribution in [1.82, 2.24) is 0 Å². The molecule has 1 unspecified atom stereocenters. The second-order valence-electron chi connectivity index (χ2n) is 5.33. The van der Waals surface area contributed by atoms with Crippen LogP contribution in [0.25, 0.3) is 0 Å². The van der Waals surface area contributed by atoms with Crippen molar-refractivity contribution in [3.63, 3.8) is 0 Å². The SMILES string of the molecule is Cc1ccc(C)c(CC(N)Cc2ccc(Cl)cc2F)c1. The smallest absolute Gasteiger partial charge is 0.127 e. The topological polar surface area (TPSA) is 26.0 Å². The number of nitrogens with two attached hydrogens (primary N) is 1. The maximum absolute atomic E-state index is 13.8. The van der Waals surface area contributed by atoms with E-state index in [1.54, 1.807) is 12.1 Å². The highest BCUT2D eigenvalue weighted by molar-refractivity contribution is 6.30. The number of halogens is 2. The van der Waals surface area contributed by atoms with E-state index in [-0.39, 0.29) is 11.9 Å². The molecule has 0 heterocycles. The molecule has 0 bridgehead atoms. The minimum absolute atomic E-state index is 0.105. The molecule has 0 amide bonds. The van der Waals surface area contributed by atoms with Crippen LogP contribution in [0.15, 0.2) is 36.4 Å². The normalized spacial score (nSPS) is 12.4. The van der Waals surface area contributed by atoms with Crippen LogP contribution in [0.5, 0.6) is 0 Å². The average molecular weight is 292 g/mol. The van der Waals surface area contributed by atoms with Crippen molar-refractivity contribution in [1.29, 1.82) is 0 Å². The van der Waals surface area contributed by atoms with Crippen LogP contribution in [0.1, 0.15) is 22.3 Å². The third-order valence-electron chi connectivity index (χ3n) is 3.48. The lowest BCUT2D eigenvalue weighted by atomic mass is 9.95. The molecule has 0 radical (unpaired) electrons. The third-order valence-corrected chi connectivity index (χ3v) is 3.72. The zero-order valence-electron chi connectivity index (χ0n) is 11.8. The zero-order chi connectivity index (χ0) is 14.7. The van der Waals surface area contributed by atoms with Crippen molar-refractivity contribution >= 4 is 11.6 Å². The Hall–Kier alpha value is -1.38. The number of aryl methyl sites for hydroxylation is 2. The van der Waals surface area contributed by atoms with Gasteiger partial charge < -0.3 is 5.73 Å².